The largest absolute Gasteiger partial charge is 0.508 e. The number of amides is 1. The van der Waals surface area contributed by atoms with Crippen LogP contribution in [0.25, 0.3) is 0 Å². The van der Waals surface area contributed by atoms with Crippen LogP contribution in [0.15, 0.2) is 48.5 Å². The van der Waals surface area contributed by atoms with E-state index in [1.54, 1.807) is 24.3 Å². The first-order chi connectivity index (χ1) is 9.08. The Morgan fingerprint density at radius 2 is 1.84 bits per heavy atom. The van der Waals surface area contributed by atoms with E-state index in [9.17, 15) is 9.90 Å². The third-order valence-corrected chi connectivity index (χ3v) is 2.73. The number of nitrogens with one attached hydrogen (secondary N) is 1. The summed E-state index contributed by atoms with van der Waals surface area (Å²) in [6.07, 6.45) is 0. The number of carbonyl (C=O) groups is 1. The number of phenolic OH excluding ortho intramolecular Hbond substituents is 1. The van der Waals surface area contributed by atoms with E-state index in [2.05, 4.69) is 5.32 Å². The third kappa shape index (κ3) is 3.04. The Morgan fingerprint density at radius 3 is 2.53 bits per heavy atom. The molecule has 2 rings (SSSR count). The van der Waals surface area contributed by atoms with Crippen molar-refractivity contribution in [3.8, 4) is 5.75 Å². The van der Waals surface area contributed by atoms with Gasteiger partial charge in [0, 0.05) is 31.5 Å². The van der Waals surface area contributed by atoms with Gasteiger partial charge in [-0.2, -0.15) is 0 Å². The average molecular weight is 256 g/mol. The van der Waals surface area contributed by atoms with E-state index in [1.807, 2.05) is 37.2 Å². The second kappa shape index (κ2) is 5.44. The van der Waals surface area contributed by atoms with Crippen LogP contribution in [-0.4, -0.2) is 25.1 Å². The van der Waals surface area contributed by atoms with Crippen LogP contribution in [0, 0.1) is 0 Å². The first-order valence-corrected chi connectivity index (χ1v) is 5.94. The maximum Gasteiger partial charge on any atom is 0.257 e. The number of anilines is 2. The van der Waals surface area contributed by atoms with Crippen LogP contribution in [0.4, 0.5) is 11.4 Å². The predicted molar refractivity (Wildman–Crippen MR) is 76.8 cm³/mol. The fraction of sp³-hybridized carbons (Fsp3) is 0.133. The summed E-state index contributed by atoms with van der Waals surface area (Å²) in [7, 11) is 3.78. The Kier molecular flexibility index (Phi) is 3.71. The molecule has 0 radical (unpaired) electrons. The van der Waals surface area contributed by atoms with Crippen molar-refractivity contribution in [2.24, 2.45) is 0 Å². The smallest absolute Gasteiger partial charge is 0.257 e. The van der Waals surface area contributed by atoms with Gasteiger partial charge in [-0.1, -0.05) is 18.2 Å². The topological polar surface area (TPSA) is 52.6 Å². The predicted octanol–water partition coefficient (Wildman–Crippen LogP) is 2.71. The van der Waals surface area contributed by atoms with Gasteiger partial charge in [0.25, 0.3) is 5.91 Å². The molecular formula is C15H16N2O2. The van der Waals surface area contributed by atoms with E-state index in [0.717, 1.165) is 5.69 Å². The first kappa shape index (κ1) is 13.0. The highest BCUT2D eigenvalue weighted by molar-refractivity contribution is 6.08. The minimum absolute atomic E-state index is 0.124. The summed E-state index contributed by atoms with van der Waals surface area (Å²) in [6, 6.07) is 13.9. The normalized spacial score (nSPS) is 10.0. The number of rotatable bonds is 3. The van der Waals surface area contributed by atoms with Gasteiger partial charge < -0.3 is 15.3 Å². The Balaban J connectivity index is 2.25. The summed E-state index contributed by atoms with van der Waals surface area (Å²) in [5, 5.41) is 12.1. The molecule has 98 valence electrons. The molecule has 4 heteroatoms. The molecule has 0 spiro atoms. The van der Waals surface area contributed by atoms with E-state index in [1.165, 1.54) is 6.07 Å². The molecule has 19 heavy (non-hydrogen) atoms. The molecule has 0 atom stereocenters. The molecule has 0 saturated carbocycles. The number of para-hydroxylation sites is 1. The highest BCUT2D eigenvalue weighted by Crippen LogP contribution is 2.21. The molecule has 0 aliphatic heterocycles. The summed E-state index contributed by atoms with van der Waals surface area (Å²) in [5.41, 5.74) is 2.01. The van der Waals surface area contributed by atoms with E-state index >= 15 is 0 Å². The lowest BCUT2D eigenvalue weighted by molar-refractivity contribution is 0.102. The van der Waals surface area contributed by atoms with Crippen LogP contribution in [0.3, 0.4) is 0 Å². The number of phenols is 1. The maximum atomic E-state index is 12.2. The second-order valence-electron chi connectivity index (χ2n) is 4.42. The van der Waals surface area contributed by atoms with Crippen LogP contribution in [0.1, 0.15) is 10.4 Å². The van der Waals surface area contributed by atoms with Crippen molar-refractivity contribution in [3.63, 3.8) is 0 Å². The monoisotopic (exact) mass is 256 g/mol. The lowest BCUT2D eigenvalue weighted by Crippen LogP contribution is -2.18. The molecule has 0 heterocycles. The Hall–Kier alpha value is -2.49. The SMILES string of the molecule is CN(C)c1ccccc1C(=O)Nc1cccc(O)c1. The van der Waals surface area contributed by atoms with Crippen LogP contribution in [-0.2, 0) is 0 Å². The second-order valence-corrected chi connectivity index (χ2v) is 4.42. The van der Waals surface area contributed by atoms with Gasteiger partial charge in [0.1, 0.15) is 5.75 Å². The molecular weight excluding hydrogens is 240 g/mol. The van der Waals surface area contributed by atoms with Crippen LogP contribution >= 0.6 is 0 Å². The van der Waals surface area contributed by atoms with Crippen LogP contribution < -0.4 is 10.2 Å². The first-order valence-electron chi connectivity index (χ1n) is 5.94. The number of hydrogen-bond donors (Lipinski definition) is 2. The number of carbonyl (C=O) groups excluding carboxylic acids is 1. The van der Waals surface area contributed by atoms with Crippen molar-refractivity contribution >= 4 is 17.3 Å². The minimum Gasteiger partial charge on any atom is -0.508 e. The van der Waals surface area contributed by atoms with Crippen molar-refractivity contribution in [1.29, 1.82) is 0 Å². The van der Waals surface area contributed by atoms with Gasteiger partial charge in [-0.15, -0.1) is 0 Å². The highest BCUT2D eigenvalue weighted by Gasteiger charge is 2.12. The van der Waals surface area contributed by atoms with E-state index < -0.39 is 0 Å². The van der Waals surface area contributed by atoms with E-state index in [4.69, 9.17) is 0 Å². The summed E-state index contributed by atoms with van der Waals surface area (Å²) in [5.74, 6) is -0.0754. The van der Waals surface area contributed by atoms with Gasteiger partial charge in [-0.05, 0) is 24.3 Å². The average Bonchev–Trinajstić information content (AvgIpc) is 2.38. The lowest BCUT2D eigenvalue weighted by Gasteiger charge is -2.16. The van der Waals surface area contributed by atoms with Crippen molar-refractivity contribution < 1.29 is 9.90 Å². The molecule has 1 amide bonds. The van der Waals surface area contributed by atoms with Gasteiger partial charge >= 0.3 is 0 Å². The van der Waals surface area contributed by atoms with Crippen LogP contribution in [0.2, 0.25) is 0 Å². The number of benzene rings is 2. The van der Waals surface area contributed by atoms with Gasteiger partial charge in [0.05, 0.1) is 5.56 Å². The zero-order chi connectivity index (χ0) is 13.8. The molecule has 2 N–H and O–H groups in total. The van der Waals surface area contributed by atoms with Gasteiger partial charge in [-0.25, -0.2) is 0 Å². The highest BCUT2D eigenvalue weighted by atomic mass is 16.3. The number of aromatic hydroxyl groups is 1. The fourth-order valence-electron chi connectivity index (χ4n) is 1.84. The third-order valence-electron chi connectivity index (χ3n) is 2.73. The Labute approximate surface area is 112 Å². The molecule has 0 bridgehead atoms. The summed E-state index contributed by atoms with van der Waals surface area (Å²) >= 11 is 0. The zero-order valence-electron chi connectivity index (χ0n) is 10.9. The molecule has 0 aliphatic rings. The standard InChI is InChI=1S/C15H16N2O2/c1-17(2)14-9-4-3-8-13(14)15(19)16-11-6-5-7-12(18)10-11/h3-10,18H,1-2H3,(H,16,19). The number of hydrogen-bond acceptors (Lipinski definition) is 3. The summed E-state index contributed by atoms with van der Waals surface area (Å²) in [4.78, 5) is 14.1. The molecule has 4 nitrogen and oxygen atoms in total. The lowest BCUT2D eigenvalue weighted by atomic mass is 10.1. The van der Waals surface area contributed by atoms with Crippen molar-refractivity contribution in [3.05, 3.63) is 54.1 Å². The summed E-state index contributed by atoms with van der Waals surface area (Å²) in [6.45, 7) is 0. The zero-order valence-corrected chi connectivity index (χ0v) is 10.9. The fourth-order valence-corrected chi connectivity index (χ4v) is 1.84. The van der Waals surface area contributed by atoms with Crippen molar-refractivity contribution in [1.82, 2.24) is 0 Å². The molecule has 0 unspecified atom stereocenters. The van der Waals surface area contributed by atoms with Crippen molar-refractivity contribution in [2.75, 3.05) is 24.3 Å². The Bertz CT molecular complexity index is 594. The molecule has 2 aromatic carbocycles. The van der Waals surface area contributed by atoms with Gasteiger partial charge in [0.15, 0.2) is 0 Å². The molecule has 0 aliphatic carbocycles. The van der Waals surface area contributed by atoms with Gasteiger partial charge in [-0.3, -0.25) is 4.79 Å². The van der Waals surface area contributed by atoms with Crippen molar-refractivity contribution in [2.45, 2.75) is 0 Å². The summed E-state index contributed by atoms with van der Waals surface area (Å²) < 4.78 is 0. The number of nitrogens with zero attached hydrogens (tertiary/aromatic N) is 1. The molecule has 2 aromatic rings. The van der Waals surface area contributed by atoms with E-state index in [-0.39, 0.29) is 11.7 Å². The molecule has 0 fully saturated rings. The Morgan fingerprint density at radius 1 is 1.11 bits per heavy atom. The van der Waals surface area contributed by atoms with Gasteiger partial charge in [0.2, 0.25) is 0 Å². The quantitative estimate of drug-likeness (QED) is 0.887. The molecule has 0 aromatic heterocycles. The molecule has 0 saturated heterocycles. The maximum absolute atomic E-state index is 12.2. The van der Waals surface area contributed by atoms with Crippen LogP contribution in [0.5, 0.6) is 5.75 Å². The minimum atomic E-state index is -0.199. The van der Waals surface area contributed by atoms with E-state index in [0.29, 0.717) is 11.3 Å².